The summed E-state index contributed by atoms with van der Waals surface area (Å²) in [6, 6.07) is 19.1. The van der Waals surface area contributed by atoms with Crippen molar-refractivity contribution in [3.8, 4) is 0 Å². The fourth-order valence-corrected chi connectivity index (χ4v) is 7.03. The molecule has 0 N–H and O–H groups in total. The highest BCUT2D eigenvalue weighted by Gasteiger charge is 2.80. The van der Waals surface area contributed by atoms with Gasteiger partial charge in [0.2, 0.25) is 0 Å². The molecule has 7 rings (SSSR count). The standard InChI is InChI=1S/C26H20O6/c1-25-15(13-9-5-3-6-10-13)16(14-11-7-4-8-12-14)26(2,19-17(25)21(27)31-23(19)29)20-18(25)22(28)32-24(20)30/h3-12,17-20H,1-2H3/t17-,18-,19-,20+,25?,26?/m0/s1. The molecule has 2 unspecified atom stereocenters. The Morgan fingerprint density at radius 2 is 0.812 bits per heavy atom. The molecule has 2 saturated heterocycles. The fraction of sp³-hybridized carbons (Fsp3) is 0.308. The normalized spacial score (nSPS) is 37.3. The molecule has 160 valence electrons. The van der Waals surface area contributed by atoms with Crippen LogP contribution in [0.2, 0.25) is 0 Å². The fourth-order valence-electron chi connectivity index (χ4n) is 7.03. The molecule has 3 fully saturated rings. The molecule has 2 aliphatic heterocycles. The highest BCUT2D eigenvalue weighted by Crippen LogP contribution is 2.76. The number of hydrogen-bond donors (Lipinski definition) is 0. The van der Waals surface area contributed by atoms with E-state index in [4.69, 9.17) is 9.47 Å². The van der Waals surface area contributed by atoms with Crippen LogP contribution < -0.4 is 0 Å². The predicted octanol–water partition coefficient (Wildman–Crippen LogP) is 3.27. The first kappa shape index (κ1) is 19.2. The van der Waals surface area contributed by atoms with E-state index in [1.54, 1.807) is 0 Å². The van der Waals surface area contributed by atoms with Crippen molar-refractivity contribution < 1.29 is 28.7 Å². The van der Waals surface area contributed by atoms with Crippen LogP contribution in [0.4, 0.5) is 0 Å². The Balaban J connectivity index is 1.80. The first-order valence-electron chi connectivity index (χ1n) is 10.7. The van der Waals surface area contributed by atoms with Crippen molar-refractivity contribution in [1.82, 2.24) is 0 Å². The van der Waals surface area contributed by atoms with Gasteiger partial charge < -0.3 is 9.47 Å². The molecular formula is C26H20O6. The summed E-state index contributed by atoms with van der Waals surface area (Å²) in [5.74, 6) is -6.05. The zero-order valence-electron chi connectivity index (χ0n) is 17.5. The van der Waals surface area contributed by atoms with Gasteiger partial charge in [-0.2, -0.15) is 0 Å². The van der Waals surface area contributed by atoms with Crippen LogP contribution in [0, 0.1) is 34.5 Å². The zero-order valence-corrected chi connectivity index (χ0v) is 17.5. The molecule has 0 spiro atoms. The molecule has 3 aliphatic carbocycles. The van der Waals surface area contributed by atoms with Gasteiger partial charge in [0.1, 0.15) is 0 Å². The third-order valence-electron chi connectivity index (χ3n) is 8.12. The lowest BCUT2D eigenvalue weighted by molar-refractivity contribution is -0.154. The second-order valence-electron chi connectivity index (χ2n) is 9.44. The second-order valence-corrected chi connectivity index (χ2v) is 9.44. The van der Waals surface area contributed by atoms with Crippen molar-refractivity contribution in [2.45, 2.75) is 13.8 Å². The van der Waals surface area contributed by atoms with Crippen LogP contribution in [0.25, 0.3) is 11.1 Å². The number of cyclic esters (lactones) is 4. The third kappa shape index (κ3) is 2.01. The highest BCUT2D eigenvalue weighted by molar-refractivity contribution is 6.13. The summed E-state index contributed by atoms with van der Waals surface area (Å²) < 4.78 is 10.3. The molecule has 2 aromatic carbocycles. The second kappa shape index (κ2) is 6.03. The minimum atomic E-state index is -1.15. The van der Waals surface area contributed by atoms with Gasteiger partial charge in [0.15, 0.2) is 0 Å². The first-order chi connectivity index (χ1) is 15.3. The van der Waals surface area contributed by atoms with E-state index in [2.05, 4.69) is 0 Å². The van der Waals surface area contributed by atoms with Gasteiger partial charge in [-0.15, -0.1) is 0 Å². The number of allylic oxidation sites excluding steroid dienone is 2. The van der Waals surface area contributed by atoms with Gasteiger partial charge in [0, 0.05) is 10.8 Å². The lowest BCUT2D eigenvalue weighted by Crippen LogP contribution is -2.64. The van der Waals surface area contributed by atoms with Crippen molar-refractivity contribution in [3.05, 3.63) is 71.8 Å². The van der Waals surface area contributed by atoms with E-state index in [9.17, 15) is 19.2 Å². The van der Waals surface area contributed by atoms with Gasteiger partial charge in [-0.1, -0.05) is 74.5 Å². The molecule has 6 heteroatoms. The van der Waals surface area contributed by atoms with Crippen molar-refractivity contribution in [2.24, 2.45) is 34.5 Å². The molecule has 0 radical (unpaired) electrons. The summed E-state index contributed by atoms with van der Waals surface area (Å²) in [6.45, 7) is 3.62. The van der Waals surface area contributed by atoms with E-state index in [1.165, 1.54) is 0 Å². The van der Waals surface area contributed by atoms with Crippen molar-refractivity contribution in [3.63, 3.8) is 0 Å². The zero-order chi connectivity index (χ0) is 22.4. The van der Waals surface area contributed by atoms with Crippen molar-refractivity contribution >= 4 is 35.0 Å². The highest BCUT2D eigenvalue weighted by atomic mass is 16.6. The maximum Gasteiger partial charge on any atom is 0.318 e. The number of benzene rings is 2. The summed E-state index contributed by atoms with van der Waals surface area (Å²) in [5.41, 5.74) is 0.992. The van der Waals surface area contributed by atoms with Crippen LogP contribution in [0.1, 0.15) is 25.0 Å². The molecule has 2 aromatic rings. The van der Waals surface area contributed by atoms with E-state index < -0.39 is 58.4 Å². The Hall–Kier alpha value is -3.54. The maximum absolute atomic E-state index is 13.1. The van der Waals surface area contributed by atoms with Crippen LogP contribution in [0.15, 0.2) is 60.7 Å². The molecule has 6 atom stereocenters. The Morgan fingerprint density at radius 1 is 0.531 bits per heavy atom. The number of rotatable bonds is 2. The minimum absolute atomic E-state index is 0.639. The molecule has 2 bridgehead atoms. The number of esters is 4. The smallest absolute Gasteiger partial charge is 0.318 e. The van der Waals surface area contributed by atoms with Crippen LogP contribution in [-0.4, -0.2) is 23.9 Å². The van der Waals surface area contributed by atoms with Crippen LogP contribution >= 0.6 is 0 Å². The lowest BCUT2D eigenvalue weighted by atomic mass is 9.36. The average Bonchev–Trinajstić information content (AvgIpc) is 3.27. The number of carbonyl (C=O) groups excluding carboxylic acids is 4. The Kier molecular flexibility index (Phi) is 3.61. The molecular weight excluding hydrogens is 408 g/mol. The SMILES string of the molecule is CC12C(c3ccccc3)=C(c3ccccc3)C(C)([C@@H]3C(=O)OC(=O)[C@H]31)[C@H]1C(=O)OC(=O)[C@H]12. The lowest BCUT2D eigenvalue weighted by Gasteiger charge is -2.61. The van der Waals surface area contributed by atoms with Gasteiger partial charge in [0.25, 0.3) is 0 Å². The van der Waals surface area contributed by atoms with E-state index in [0.29, 0.717) is 0 Å². The topological polar surface area (TPSA) is 86.7 Å². The summed E-state index contributed by atoms with van der Waals surface area (Å²) in [6.07, 6.45) is 0. The largest absolute Gasteiger partial charge is 0.393 e. The number of ether oxygens (including phenoxy) is 2. The van der Waals surface area contributed by atoms with E-state index in [0.717, 1.165) is 22.3 Å². The summed E-state index contributed by atoms with van der Waals surface area (Å²) in [5, 5.41) is 0. The van der Waals surface area contributed by atoms with Gasteiger partial charge in [-0.05, 0) is 22.3 Å². The molecule has 2 heterocycles. The van der Waals surface area contributed by atoms with Crippen LogP contribution in [0.5, 0.6) is 0 Å². The molecule has 6 nitrogen and oxygen atoms in total. The maximum atomic E-state index is 13.1. The number of hydrogen-bond acceptors (Lipinski definition) is 6. The van der Waals surface area contributed by atoms with E-state index in [-0.39, 0.29) is 0 Å². The summed E-state index contributed by atoms with van der Waals surface area (Å²) >= 11 is 0. The molecule has 0 amide bonds. The monoisotopic (exact) mass is 428 g/mol. The Morgan fingerprint density at radius 3 is 1.09 bits per heavy atom. The Labute approximate surface area is 184 Å². The van der Waals surface area contributed by atoms with Gasteiger partial charge >= 0.3 is 23.9 Å². The average molecular weight is 428 g/mol. The minimum Gasteiger partial charge on any atom is -0.393 e. The molecule has 32 heavy (non-hydrogen) atoms. The van der Waals surface area contributed by atoms with Crippen molar-refractivity contribution in [2.75, 3.05) is 0 Å². The first-order valence-corrected chi connectivity index (χ1v) is 10.7. The quantitative estimate of drug-likeness (QED) is 0.539. The summed E-state index contributed by atoms with van der Waals surface area (Å²) in [4.78, 5) is 52.2. The number of carbonyl (C=O) groups is 4. The van der Waals surface area contributed by atoms with E-state index >= 15 is 0 Å². The molecule has 1 saturated carbocycles. The van der Waals surface area contributed by atoms with Gasteiger partial charge in [-0.25, -0.2) is 0 Å². The van der Waals surface area contributed by atoms with Gasteiger partial charge in [0.05, 0.1) is 23.7 Å². The van der Waals surface area contributed by atoms with Gasteiger partial charge in [-0.3, -0.25) is 19.2 Å². The third-order valence-corrected chi connectivity index (χ3v) is 8.12. The van der Waals surface area contributed by atoms with Crippen molar-refractivity contribution in [1.29, 1.82) is 0 Å². The molecule has 0 aromatic heterocycles. The molecule has 5 aliphatic rings. The van der Waals surface area contributed by atoms with Crippen LogP contribution in [-0.2, 0) is 28.7 Å². The van der Waals surface area contributed by atoms with Crippen LogP contribution in [0.3, 0.4) is 0 Å². The summed E-state index contributed by atoms with van der Waals surface area (Å²) in [7, 11) is 0. The predicted molar refractivity (Wildman–Crippen MR) is 112 cm³/mol. The van der Waals surface area contributed by atoms with E-state index in [1.807, 2.05) is 74.5 Å². The Bertz CT molecular complexity index is 1100.